The molecule has 1 aliphatic rings. The summed E-state index contributed by atoms with van der Waals surface area (Å²) in [5, 5.41) is 15.8. The lowest BCUT2D eigenvalue weighted by atomic mass is 10.0. The predicted octanol–water partition coefficient (Wildman–Crippen LogP) is 0.174. The first-order valence-electron chi connectivity index (χ1n) is 11.6. The number of nitrogens with one attached hydrogen (secondary N) is 3. The summed E-state index contributed by atoms with van der Waals surface area (Å²) in [6.45, 7) is -1.08. The fourth-order valence-electron chi connectivity index (χ4n) is 3.27. The highest BCUT2D eigenvalue weighted by molar-refractivity contribution is 6.10. The number of nitrogens with zero attached hydrogens (tertiary/aromatic N) is 1. The molecule has 0 radical (unpaired) electrons. The predicted molar refractivity (Wildman–Crippen MR) is 124 cm³/mol. The van der Waals surface area contributed by atoms with E-state index < -0.39 is 79.2 Å². The number of carbonyl (C=O) groups excluding carboxylic acids is 4. The Morgan fingerprint density at radius 3 is 2.40 bits per heavy atom. The maximum absolute atomic E-state index is 14.0. The lowest BCUT2D eigenvalue weighted by molar-refractivity contribution is -0.278. The van der Waals surface area contributed by atoms with Crippen molar-refractivity contribution in [3.05, 3.63) is 24.0 Å². The number of fused-ring (bicyclic) bond motifs is 1. The number of rotatable bonds is 10. The molecular formula is C22H27F6N5O7. The molecule has 224 valence electrons. The monoisotopic (exact) mass is 587 g/mol. The second-order valence-electron chi connectivity index (χ2n) is 8.68. The molecule has 0 unspecified atom stereocenters. The molecule has 0 saturated carbocycles. The second-order valence-corrected chi connectivity index (χ2v) is 8.68. The van der Waals surface area contributed by atoms with E-state index >= 15 is 0 Å². The zero-order valence-corrected chi connectivity index (χ0v) is 21.1. The van der Waals surface area contributed by atoms with Crippen LogP contribution in [0.2, 0.25) is 0 Å². The van der Waals surface area contributed by atoms with Crippen LogP contribution in [0, 0.1) is 5.82 Å². The van der Waals surface area contributed by atoms with E-state index in [9.17, 15) is 50.6 Å². The molecule has 1 aliphatic heterocycles. The van der Waals surface area contributed by atoms with Crippen molar-refractivity contribution < 1.29 is 60.1 Å². The number of hydrogen-bond donors (Lipinski definition) is 5. The van der Waals surface area contributed by atoms with E-state index in [1.165, 1.54) is 13.0 Å². The summed E-state index contributed by atoms with van der Waals surface area (Å²) in [5.74, 6) is -10.7. The Morgan fingerprint density at radius 1 is 1.15 bits per heavy atom. The van der Waals surface area contributed by atoms with Gasteiger partial charge in [0.05, 0.1) is 18.8 Å². The Kier molecular flexibility index (Phi) is 10.2. The van der Waals surface area contributed by atoms with Crippen LogP contribution in [-0.2, 0) is 19.1 Å². The Balaban J connectivity index is 2.23. The van der Waals surface area contributed by atoms with Crippen LogP contribution in [0.15, 0.2) is 18.2 Å². The summed E-state index contributed by atoms with van der Waals surface area (Å²) in [7, 11) is 0. The number of nitrogens with two attached hydrogens (primary N) is 1. The molecule has 0 aromatic heterocycles. The van der Waals surface area contributed by atoms with Crippen molar-refractivity contribution in [1.82, 2.24) is 16.0 Å². The average Bonchev–Trinajstić information content (AvgIpc) is 2.95. The molecule has 0 bridgehead atoms. The minimum Gasteiger partial charge on any atom is -0.486 e. The highest BCUT2D eigenvalue weighted by atomic mass is 19.4. The van der Waals surface area contributed by atoms with Crippen LogP contribution in [0.3, 0.4) is 0 Å². The van der Waals surface area contributed by atoms with Gasteiger partial charge >= 0.3 is 18.2 Å². The van der Waals surface area contributed by atoms with Crippen LogP contribution in [0.5, 0.6) is 5.75 Å². The molecule has 1 heterocycles. The third-order valence-corrected chi connectivity index (χ3v) is 5.54. The third-order valence-electron chi connectivity index (χ3n) is 5.54. The normalized spacial score (nSPS) is 18.9. The van der Waals surface area contributed by atoms with Gasteiger partial charge in [-0.25, -0.2) is 9.18 Å². The Bertz CT molecular complexity index is 1120. The highest BCUT2D eigenvalue weighted by Crippen LogP contribution is 2.35. The third kappa shape index (κ3) is 7.65. The Morgan fingerprint density at radius 2 is 1.80 bits per heavy atom. The zero-order chi connectivity index (χ0) is 30.5. The number of benzene rings is 1. The Hall–Kier alpha value is -3.80. The van der Waals surface area contributed by atoms with Crippen LogP contribution in [0.25, 0.3) is 0 Å². The number of alkyl carbamates (subject to hydrolysis) is 1. The van der Waals surface area contributed by atoms with Crippen LogP contribution >= 0.6 is 0 Å². The first kappa shape index (κ1) is 32.4. The molecule has 6 N–H and O–H groups in total. The van der Waals surface area contributed by atoms with Crippen LogP contribution in [0.4, 0.5) is 36.8 Å². The highest BCUT2D eigenvalue weighted by Gasteiger charge is 2.58. The van der Waals surface area contributed by atoms with Gasteiger partial charge in [0.2, 0.25) is 5.60 Å². The molecule has 4 amide bonds. The fraction of sp³-hybridized carbons (Fsp3) is 0.545. The van der Waals surface area contributed by atoms with Crippen molar-refractivity contribution in [2.75, 3.05) is 37.7 Å². The average molecular weight is 587 g/mol. The molecule has 3 atom stereocenters. The molecule has 0 saturated heterocycles. The number of halogens is 6. The van der Waals surface area contributed by atoms with Gasteiger partial charge in [0.1, 0.15) is 30.3 Å². The molecule has 1 aromatic rings. The molecule has 40 heavy (non-hydrogen) atoms. The summed E-state index contributed by atoms with van der Waals surface area (Å²) in [4.78, 5) is 50.9. The van der Waals surface area contributed by atoms with Gasteiger partial charge in [0.15, 0.2) is 0 Å². The van der Waals surface area contributed by atoms with E-state index in [1.807, 2.05) is 5.32 Å². The van der Waals surface area contributed by atoms with E-state index in [-0.39, 0.29) is 24.5 Å². The fourth-order valence-corrected chi connectivity index (χ4v) is 3.27. The van der Waals surface area contributed by atoms with Crippen molar-refractivity contribution in [3.8, 4) is 5.75 Å². The van der Waals surface area contributed by atoms with Gasteiger partial charge in [-0.15, -0.1) is 0 Å². The van der Waals surface area contributed by atoms with Gasteiger partial charge in [-0.3, -0.25) is 14.4 Å². The van der Waals surface area contributed by atoms with Gasteiger partial charge < -0.3 is 41.2 Å². The van der Waals surface area contributed by atoms with E-state index in [1.54, 1.807) is 0 Å². The summed E-state index contributed by atoms with van der Waals surface area (Å²) in [5.41, 5.74) is 1.92. The van der Waals surface area contributed by atoms with Gasteiger partial charge in [0.25, 0.3) is 17.7 Å². The summed E-state index contributed by atoms with van der Waals surface area (Å²) < 4.78 is 88.0. The molecule has 18 heteroatoms. The molecule has 2 rings (SSSR count). The van der Waals surface area contributed by atoms with Crippen LogP contribution in [-0.4, -0.2) is 91.6 Å². The second kappa shape index (κ2) is 12.6. The lowest BCUT2D eigenvalue weighted by Crippen LogP contribution is -2.63. The van der Waals surface area contributed by atoms with Crippen molar-refractivity contribution >= 4 is 29.5 Å². The van der Waals surface area contributed by atoms with E-state index in [2.05, 4.69) is 5.32 Å². The Labute approximate surface area is 223 Å². The van der Waals surface area contributed by atoms with Crippen LogP contribution in [0.1, 0.15) is 13.8 Å². The maximum Gasteiger partial charge on any atom is 0.455 e. The first-order chi connectivity index (χ1) is 18.4. The number of aliphatic hydroxyl groups is 1. The number of anilines is 1. The SMILES string of the molecule is C[C@H]1Oc2ccc(F)cc2N(CCOC(=O)NCCN)C(=O)[C@H]1NC(=O)[C@@](C)(O)C(=O)NCC(F)(F)C(F)(F)F. The molecular weight excluding hydrogens is 560 g/mol. The van der Waals surface area contributed by atoms with Gasteiger partial charge in [-0.1, -0.05) is 0 Å². The number of carbonyl (C=O) groups is 4. The quantitative estimate of drug-likeness (QED) is 0.191. The lowest BCUT2D eigenvalue weighted by Gasteiger charge is -2.29. The largest absolute Gasteiger partial charge is 0.486 e. The summed E-state index contributed by atoms with van der Waals surface area (Å²) in [6, 6.07) is 1.40. The van der Waals surface area contributed by atoms with E-state index in [0.717, 1.165) is 22.3 Å². The first-order valence-corrected chi connectivity index (χ1v) is 11.6. The molecule has 0 spiro atoms. The number of alkyl halides is 5. The molecule has 12 nitrogen and oxygen atoms in total. The van der Waals surface area contributed by atoms with E-state index in [0.29, 0.717) is 6.92 Å². The smallest absolute Gasteiger partial charge is 0.455 e. The minimum atomic E-state index is -6.01. The molecule has 0 fully saturated rings. The number of amides is 4. The van der Waals surface area contributed by atoms with Gasteiger partial charge in [-0.05, 0) is 26.0 Å². The van der Waals surface area contributed by atoms with Crippen molar-refractivity contribution in [3.63, 3.8) is 0 Å². The summed E-state index contributed by atoms with van der Waals surface area (Å²) in [6.07, 6.45) is -8.13. The number of hydrogen-bond acceptors (Lipinski definition) is 8. The van der Waals surface area contributed by atoms with Crippen molar-refractivity contribution in [1.29, 1.82) is 0 Å². The van der Waals surface area contributed by atoms with Crippen molar-refractivity contribution in [2.45, 2.75) is 43.7 Å². The molecule has 1 aromatic carbocycles. The number of ether oxygens (including phenoxy) is 2. The van der Waals surface area contributed by atoms with Crippen molar-refractivity contribution in [2.24, 2.45) is 5.73 Å². The zero-order valence-electron chi connectivity index (χ0n) is 21.1. The van der Waals surface area contributed by atoms with Gasteiger partial charge in [-0.2, -0.15) is 22.0 Å². The standard InChI is InChI=1S/C22H27F6N5O7/c1-11-15(32-18(36)20(2,38)17(35)31-10-21(24,25)22(26,27)28)16(34)33(7-8-39-19(37)30-6-5-29)13-9-12(23)3-4-14(13)40-11/h3-4,9,11,15,38H,5-8,10,29H2,1-2H3,(H,30,37)(H,31,35)(H,32,36)/t11-,15+,20+/m1/s1. The molecule has 0 aliphatic carbocycles. The minimum absolute atomic E-state index is 0.0366. The van der Waals surface area contributed by atoms with E-state index in [4.69, 9.17) is 15.2 Å². The maximum atomic E-state index is 14.0. The topological polar surface area (TPSA) is 172 Å². The van der Waals surface area contributed by atoms with Gasteiger partial charge in [0, 0.05) is 19.2 Å². The summed E-state index contributed by atoms with van der Waals surface area (Å²) >= 11 is 0. The van der Waals surface area contributed by atoms with Crippen LogP contribution < -0.4 is 31.3 Å².